The molecule has 1 aromatic heterocycles. The number of sulfonamides is 1. The van der Waals surface area contributed by atoms with Gasteiger partial charge in [-0.2, -0.15) is 9.40 Å². The summed E-state index contributed by atoms with van der Waals surface area (Å²) < 4.78 is 36.1. The zero-order valence-corrected chi connectivity index (χ0v) is 19.3. The Morgan fingerprint density at radius 3 is 2.40 bits per heavy atom. The van der Waals surface area contributed by atoms with Crippen LogP contribution in [0.4, 0.5) is 0 Å². The van der Waals surface area contributed by atoms with Crippen molar-refractivity contribution in [2.24, 2.45) is 13.0 Å². The summed E-state index contributed by atoms with van der Waals surface area (Å²) in [5, 5.41) is 4.30. The number of benzene rings is 1. The van der Waals surface area contributed by atoms with E-state index < -0.39 is 10.0 Å². The lowest BCUT2D eigenvalue weighted by molar-refractivity contribution is -0.120. The molecule has 0 amide bonds. The molecule has 2 fully saturated rings. The van der Waals surface area contributed by atoms with Gasteiger partial charge < -0.3 is 4.74 Å². The summed E-state index contributed by atoms with van der Waals surface area (Å²) in [6.45, 7) is 7.48. The van der Waals surface area contributed by atoms with Crippen molar-refractivity contribution in [2.45, 2.75) is 63.4 Å². The van der Waals surface area contributed by atoms with Gasteiger partial charge in [0.1, 0.15) is 4.90 Å². The highest BCUT2D eigenvalue weighted by molar-refractivity contribution is 7.89. The molecule has 0 radical (unpaired) electrons. The van der Waals surface area contributed by atoms with Crippen LogP contribution in [0, 0.1) is 26.7 Å². The van der Waals surface area contributed by atoms with Gasteiger partial charge in [0.25, 0.3) is 0 Å². The zero-order chi connectivity index (χ0) is 21.5. The minimum Gasteiger partial charge on any atom is -0.375 e. The highest BCUT2D eigenvalue weighted by Crippen LogP contribution is 2.40. The predicted molar refractivity (Wildman–Crippen MR) is 117 cm³/mol. The molecule has 2 aliphatic rings. The first-order chi connectivity index (χ1) is 14.2. The van der Waals surface area contributed by atoms with Gasteiger partial charge in [-0.3, -0.25) is 4.68 Å². The maximum absolute atomic E-state index is 13.3. The van der Waals surface area contributed by atoms with E-state index in [2.05, 4.69) is 36.3 Å². The van der Waals surface area contributed by atoms with Crippen molar-refractivity contribution in [3.8, 4) is 0 Å². The van der Waals surface area contributed by atoms with E-state index in [1.807, 2.05) is 6.92 Å². The fraction of sp³-hybridized carbons (Fsp3) is 0.609. The van der Waals surface area contributed by atoms with Gasteiger partial charge in [-0.25, -0.2) is 8.42 Å². The van der Waals surface area contributed by atoms with Crippen LogP contribution in [0.1, 0.15) is 48.2 Å². The molecule has 1 atom stereocenters. The Kier molecular flexibility index (Phi) is 5.81. The standard InChI is InChI=1S/C23H33N3O3S/c1-17-5-7-20(8-6-17)15-21-9-14-29-23(16-21)10-12-26(13-11-23)30(27,28)22-18(2)24-25(4)19(22)3/h5-8,21H,9-16H2,1-4H3. The molecule has 7 heteroatoms. The summed E-state index contributed by atoms with van der Waals surface area (Å²) in [4.78, 5) is 0.364. The van der Waals surface area contributed by atoms with Crippen molar-refractivity contribution in [2.75, 3.05) is 19.7 Å². The number of aromatic nitrogens is 2. The summed E-state index contributed by atoms with van der Waals surface area (Å²) in [6, 6.07) is 8.81. The van der Waals surface area contributed by atoms with Crippen LogP contribution >= 0.6 is 0 Å². The van der Waals surface area contributed by atoms with E-state index >= 15 is 0 Å². The SMILES string of the molecule is Cc1ccc(CC2CCOC3(CCN(S(=O)(=O)c4c(C)nn(C)c4C)CC3)C2)cc1. The first-order valence-corrected chi connectivity index (χ1v) is 12.3. The fourth-order valence-corrected chi connectivity index (χ4v) is 6.94. The molecule has 2 saturated heterocycles. The van der Waals surface area contributed by atoms with Crippen LogP contribution in [0.2, 0.25) is 0 Å². The number of rotatable bonds is 4. The Hall–Kier alpha value is -1.70. The molecule has 1 aromatic carbocycles. The number of ether oxygens (including phenoxy) is 1. The van der Waals surface area contributed by atoms with Crippen LogP contribution in [0.3, 0.4) is 0 Å². The van der Waals surface area contributed by atoms with Gasteiger partial charge in [0, 0.05) is 26.7 Å². The first-order valence-electron chi connectivity index (χ1n) is 10.9. The third-order valence-electron chi connectivity index (χ3n) is 6.91. The largest absolute Gasteiger partial charge is 0.375 e. The lowest BCUT2D eigenvalue weighted by atomic mass is 9.78. The van der Waals surface area contributed by atoms with E-state index in [4.69, 9.17) is 4.74 Å². The Morgan fingerprint density at radius 1 is 1.13 bits per heavy atom. The minimum absolute atomic E-state index is 0.182. The Morgan fingerprint density at radius 2 is 1.80 bits per heavy atom. The number of nitrogens with zero attached hydrogens (tertiary/aromatic N) is 3. The van der Waals surface area contributed by atoms with Crippen molar-refractivity contribution in [1.29, 1.82) is 0 Å². The van der Waals surface area contributed by atoms with Gasteiger partial charge in [-0.05, 0) is 64.4 Å². The fourth-order valence-electron chi connectivity index (χ4n) is 5.10. The Labute approximate surface area is 180 Å². The lowest BCUT2D eigenvalue weighted by Crippen LogP contribution is -2.51. The number of hydrogen-bond acceptors (Lipinski definition) is 4. The van der Waals surface area contributed by atoms with Gasteiger partial charge >= 0.3 is 0 Å². The van der Waals surface area contributed by atoms with Gasteiger partial charge in [-0.1, -0.05) is 29.8 Å². The summed E-state index contributed by atoms with van der Waals surface area (Å²) in [5.41, 5.74) is 3.75. The van der Waals surface area contributed by atoms with E-state index in [0.717, 1.165) is 38.7 Å². The third-order valence-corrected chi connectivity index (χ3v) is 9.07. The molecule has 30 heavy (non-hydrogen) atoms. The van der Waals surface area contributed by atoms with Crippen LogP contribution in [-0.4, -0.2) is 47.8 Å². The lowest BCUT2D eigenvalue weighted by Gasteiger charge is -2.46. The molecule has 2 aliphatic heterocycles. The molecule has 0 saturated carbocycles. The van der Waals surface area contributed by atoms with Crippen LogP contribution in [0.15, 0.2) is 29.2 Å². The smallest absolute Gasteiger partial charge is 0.246 e. The van der Waals surface area contributed by atoms with Crippen molar-refractivity contribution in [1.82, 2.24) is 14.1 Å². The highest BCUT2D eigenvalue weighted by atomic mass is 32.2. The third kappa shape index (κ3) is 4.07. The van der Waals surface area contributed by atoms with Crippen molar-refractivity contribution >= 4 is 10.0 Å². The summed E-state index contributed by atoms with van der Waals surface area (Å²) in [7, 11) is -1.74. The predicted octanol–water partition coefficient (Wildman–Crippen LogP) is 3.54. The monoisotopic (exact) mass is 431 g/mol. The second kappa shape index (κ2) is 8.09. The maximum Gasteiger partial charge on any atom is 0.246 e. The Bertz CT molecular complexity index is 1000. The second-order valence-corrected chi connectivity index (χ2v) is 11.0. The number of aryl methyl sites for hydroxylation is 3. The molecule has 2 aromatic rings. The molecule has 3 heterocycles. The zero-order valence-electron chi connectivity index (χ0n) is 18.5. The summed E-state index contributed by atoms with van der Waals surface area (Å²) in [5.74, 6) is 0.590. The van der Waals surface area contributed by atoms with Crippen molar-refractivity contribution < 1.29 is 13.2 Å². The molecule has 6 nitrogen and oxygen atoms in total. The quantitative estimate of drug-likeness (QED) is 0.743. The molecule has 164 valence electrons. The normalized spacial score (nSPS) is 22.5. The number of hydrogen-bond donors (Lipinski definition) is 0. The maximum atomic E-state index is 13.3. The Balaban J connectivity index is 1.43. The average molecular weight is 432 g/mol. The van der Waals surface area contributed by atoms with E-state index in [-0.39, 0.29) is 5.60 Å². The van der Waals surface area contributed by atoms with Gasteiger partial charge in [0.2, 0.25) is 10.0 Å². The minimum atomic E-state index is -3.53. The molecule has 0 N–H and O–H groups in total. The number of piperidine rings is 1. The van der Waals surface area contributed by atoms with E-state index in [9.17, 15) is 8.42 Å². The van der Waals surface area contributed by atoms with Crippen molar-refractivity contribution in [3.05, 3.63) is 46.8 Å². The van der Waals surface area contributed by atoms with E-state index in [0.29, 0.717) is 35.3 Å². The van der Waals surface area contributed by atoms with E-state index in [1.54, 1.807) is 23.0 Å². The average Bonchev–Trinajstić information content (AvgIpc) is 2.96. The first kappa shape index (κ1) is 21.5. The van der Waals surface area contributed by atoms with Crippen molar-refractivity contribution in [3.63, 3.8) is 0 Å². The molecule has 0 bridgehead atoms. The molecule has 1 spiro atoms. The van der Waals surface area contributed by atoms with Crippen LogP contribution in [0.25, 0.3) is 0 Å². The van der Waals surface area contributed by atoms with Crippen LogP contribution < -0.4 is 0 Å². The van der Waals surface area contributed by atoms with Crippen LogP contribution in [0.5, 0.6) is 0 Å². The van der Waals surface area contributed by atoms with Gasteiger partial charge in [0.05, 0.1) is 17.0 Å². The molecule has 0 aliphatic carbocycles. The van der Waals surface area contributed by atoms with E-state index in [1.165, 1.54) is 11.1 Å². The molecule has 4 rings (SSSR count). The molecular formula is C23H33N3O3S. The van der Waals surface area contributed by atoms with Gasteiger partial charge in [0.15, 0.2) is 0 Å². The van der Waals surface area contributed by atoms with Crippen LogP contribution in [-0.2, 0) is 28.2 Å². The molecule has 1 unspecified atom stereocenters. The summed E-state index contributed by atoms with van der Waals surface area (Å²) >= 11 is 0. The van der Waals surface area contributed by atoms with Gasteiger partial charge in [-0.15, -0.1) is 0 Å². The summed E-state index contributed by atoms with van der Waals surface area (Å²) in [6.07, 6.45) is 4.68. The molecular weight excluding hydrogens is 398 g/mol. The second-order valence-electron chi connectivity index (χ2n) is 9.11. The highest BCUT2D eigenvalue weighted by Gasteiger charge is 2.43. The topological polar surface area (TPSA) is 64.4 Å².